The molecule has 0 saturated carbocycles. The minimum atomic E-state index is -2.39. The van der Waals surface area contributed by atoms with E-state index in [1.165, 1.54) is 0 Å². The molecule has 2 aliphatic heterocycles. The number of carbonyl (C=O) groups is 2. The molecule has 2 amide bonds. The van der Waals surface area contributed by atoms with Crippen LogP contribution in [0.5, 0.6) is 0 Å². The molecule has 3 unspecified atom stereocenters. The molecule has 3 N–H and O–H groups in total. The molecule has 2 aliphatic rings. The molecule has 0 spiro atoms. The highest BCUT2D eigenvalue weighted by molar-refractivity contribution is 5.99. The molecule has 4 rings (SSSR count). The van der Waals surface area contributed by atoms with Gasteiger partial charge in [-0.3, -0.25) is 9.59 Å². The normalized spacial score (nSPS) is 21.5. The topological polar surface area (TPSA) is 82.7 Å². The maximum Gasteiger partial charge on any atom is 0.251 e. The van der Waals surface area contributed by atoms with Crippen molar-refractivity contribution in [3.63, 3.8) is 0 Å². The third-order valence-corrected chi connectivity index (χ3v) is 8.44. The first kappa shape index (κ1) is 30.9. The van der Waals surface area contributed by atoms with Gasteiger partial charge in [0.15, 0.2) is 0 Å². The molecule has 2 aromatic rings. The first-order valence-electron chi connectivity index (χ1n) is 14.8. The summed E-state index contributed by atoms with van der Waals surface area (Å²) < 4.78 is 30.6. The molecule has 3 atom stereocenters. The fourth-order valence-corrected chi connectivity index (χ4v) is 6.14. The van der Waals surface area contributed by atoms with Crippen molar-refractivity contribution in [2.75, 3.05) is 37.7 Å². The Labute approximate surface area is 242 Å². The number of carbonyl (C=O) groups excluding carboxylic acids is 2. The maximum atomic E-state index is 13.7. The van der Waals surface area contributed by atoms with Crippen LogP contribution in [0.25, 0.3) is 11.1 Å². The van der Waals surface area contributed by atoms with Gasteiger partial charge in [-0.05, 0) is 80.3 Å². The molecule has 7 nitrogen and oxygen atoms in total. The third kappa shape index (κ3) is 7.83. The average Bonchev–Trinajstić information content (AvgIpc) is 2.94. The lowest BCUT2D eigenvalue weighted by molar-refractivity contribution is -0.129. The lowest BCUT2D eigenvalue weighted by Gasteiger charge is -2.37. The van der Waals surface area contributed by atoms with Crippen LogP contribution in [-0.4, -0.2) is 63.2 Å². The molecule has 2 aromatic carbocycles. The molecule has 0 radical (unpaired) electrons. The number of hydrogen-bond donors (Lipinski definition) is 3. The van der Waals surface area contributed by atoms with Crippen molar-refractivity contribution in [1.29, 1.82) is 0 Å². The molecule has 41 heavy (non-hydrogen) atoms. The predicted octanol–water partition coefficient (Wildman–Crippen LogP) is 4.91. The smallest absolute Gasteiger partial charge is 0.251 e. The number of nitrogens with one attached hydrogen (secondary N) is 3. The van der Waals surface area contributed by atoms with Gasteiger partial charge in [0, 0.05) is 56.2 Å². The molecular formula is C32H44F2N4O3. The zero-order valence-electron chi connectivity index (χ0n) is 24.6. The molecule has 9 heteroatoms. The van der Waals surface area contributed by atoms with Crippen LogP contribution in [0.15, 0.2) is 36.4 Å². The Morgan fingerprint density at radius 2 is 1.83 bits per heavy atom. The van der Waals surface area contributed by atoms with E-state index in [4.69, 9.17) is 4.74 Å². The van der Waals surface area contributed by atoms with Gasteiger partial charge in [0.2, 0.25) is 5.91 Å². The fourth-order valence-electron chi connectivity index (χ4n) is 6.14. The van der Waals surface area contributed by atoms with Crippen LogP contribution in [0.4, 0.5) is 14.5 Å². The van der Waals surface area contributed by atoms with Gasteiger partial charge in [-0.2, -0.15) is 0 Å². The molecule has 2 saturated heterocycles. The molecule has 0 aromatic heterocycles. The molecule has 0 aliphatic carbocycles. The van der Waals surface area contributed by atoms with E-state index in [1.807, 2.05) is 44.2 Å². The van der Waals surface area contributed by atoms with Gasteiger partial charge < -0.3 is 25.6 Å². The summed E-state index contributed by atoms with van der Waals surface area (Å²) in [4.78, 5) is 28.7. The number of alkyl halides is 2. The number of hydrogen-bond acceptors (Lipinski definition) is 5. The van der Waals surface area contributed by atoms with Crippen LogP contribution in [0.1, 0.15) is 61.5 Å². The van der Waals surface area contributed by atoms with E-state index in [0.717, 1.165) is 53.7 Å². The summed E-state index contributed by atoms with van der Waals surface area (Å²) in [5, 5.41) is 8.83. The number of halogens is 2. The second-order valence-corrected chi connectivity index (χ2v) is 11.5. The predicted molar refractivity (Wildman–Crippen MR) is 158 cm³/mol. The second kappa shape index (κ2) is 14.2. The number of piperidine rings is 1. The van der Waals surface area contributed by atoms with Crippen LogP contribution in [0.3, 0.4) is 0 Å². The monoisotopic (exact) mass is 570 g/mol. The van der Waals surface area contributed by atoms with Crippen molar-refractivity contribution in [2.45, 2.75) is 72.0 Å². The highest BCUT2D eigenvalue weighted by atomic mass is 19.3. The Morgan fingerprint density at radius 1 is 1.12 bits per heavy atom. The number of rotatable bonds is 11. The van der Waals surface area contributed by atoms with Crippen molar-refractivity contribution < 1.29 is 23.1 Å². The number of nitrogens with zero attached hydrogens (tertiary/aromatic N) is 1. The highest BCUT2D eigenvalue weighted by Gasteiger charge is 2.32. The van der Waals surface area contributed by atoms with Crippen LogP contribution >= 0.6 is 0 Å². The number of benzene rings is 2. The lowest BCUT2D eigenvalue weighted by atomic mass is 9.84. The average molecular weight is 571 g/mol. The Morgan fingerprint density at radius 3 is 2.46 bits per heavy atom. The quantitative estimate of drug-likeness (QED) is 0.358. The Kier molecular flexibility index (Phi) is 10.7. The summed E-state index contributed by atoms with van der Waals surface area (Å²) in [6.45, 7) is 10.7. The summed E-state index contributed by atoms with van der Waals surface area (Å²) in [7, 11) is 0. The van der Waals surface area contributed by atoms with Gasteiger partial charge in [-0.1, -0.05) is 31.2 Å². The Hall–Kier alpha value is -3.04. The highest BCUT2D eigenvalue weighted by Crippen LogP contribution is 2.34. The summed E-state index contributed by atoms with van der Waals surface area (Å²) in [6.07, 6.45) is 0.343. The van der Waals surface area contributed by atoms with E-state index in [9.17, 15) is 18.4 Å². The Bertz CT molecular complexity index is 1180. The molecular weight excluding hydrogens is 526 g/mol. The summed E-state index contributed by atoms with van der Waals surface area (Å²) in [5.74, 6) is -0.291. The van der Waals surface area contributed by atoms with Crippen molar-refractivity contribution in [2.24, 2.45) is 11.8 Å². The van der Waals surface area contributed by atoms with Gasteiger partial charge in [0.1, 0.15) is 0 Å². The standard InChI is InChI=1S/C32H44F2N4O3/c1-5-38(26-10-12-41-13-11-26)29-16-25(24-8-6-23(7-9-24)17-35-19-30(33)34)15-27(22(29)4)31(39)36-18-28-20(2)14-21(3)37-32(28)40/h6-9,15-16,20-21,26,28,30,35H,5,10-14,17-19H2,1-4H3,(H,36,39)(H,37,40). The van der Waals surface area contributed by atoms with E-state index in [1.54, 1.807) is 0 Å². The molecule has 224 valence electrons. The van der Waals surface area contributed by atoms with E-state index >= 15 is 0 Å². The van der Waals surface area contributed by atoms with Crippen molar-refractivity contribution in [3.05, 3.63) is 53.1 Å². The second-order valence-electron chi connectivity index (χ2n) is 11.5. The largest absolute Gasteiger partial charge is 0.381 e. The maximum absolute atomic E-state index is 13.7. The summed E-state index contributed by atoms with van der Waals surface area (Å²) in [5.41, 5.74) is 5.26. The van der Waals surface area contributed by atoms with E-state index in [0.29, 0.717) is 31.4 Å². The van der Waals surface area contributed by atoms with Crippen LogP contribution < -0.4 is 20.9 Å². The van der Waals surface area contributed by atoms with Crippen molar-refractivity contribution in [1.82, 2.24) is 16.0 Å². The number of ether oxygens (including phenoxy) is 1. The van der Waals surface area contributed by atoms with Crippen molar-refractivity contribution >= 4 is 17.5 Å². The molecule has 2 fully saturated rings. The minimum Gasteiger partial charge on any atom is -0.381 e. The van der Waals surface area contributed by atoms with Gasteiger partial charge in [0.25, 0.3) is 12.3 Å². The molecule has 0 bridgehead atoms. The number of amides is 2. The molecule has 2 heterocycles. The van der Waals surface area contributed by atoms with Gasteiger partial charge >= 0.3 is 0 Å². The lowest BCUT2D eigenvalue weighted by Crippen LogP contribution is -2.50. The fraction of sp³-hybridized carbons (Fsp3) is 0.562. The van der Waals surface area contributed by atoms with E-state index in [-0.39, 0.29) is 42.8 Å². The summed E-state index contributed by atoms with van der Waals surface area (Å²) >= 11 is 0. The first-order chi connectivity index (χ1) is 19.7. The SMILES string of the molecule is CCN(c1cc(-c2ccc(CNCC(F)F)cc2)cc(C(=O)NCC2C(=O)NC(C)CC2C)c1C)C1CCOCC1. The van der Waals surface area contributed by atoms with Crippen LogP contribution in [0.2, 0.25) is 0 Å². The van der Waals surface area contributed by atoms with Gasteiger partial charge in [0.05, 0.1) is 12.5 Å². The third-order valence-electron chi connectivity index (χ3n) is 8.44. The number of anilines is 1. The van der Waals surface area contributed by atoms with E-state index < -0.39 is 6.43 Å². The first-order valence-corrected chi connectivity index (χ1v) is 14.8. The van der Waals surface area contributed by atoms with Crippen LogP contribution in [0, 0.1) is 18.8 Å². The van der Waals surface area contributed by atoms with Crippen LogP contribution in [-0.2, 0) is 16.1 Å². The van der Waals surface area contributed by atoms with E-state index in [2.05, 4.69) is 40.8 Å². The minimum absolute atomic E-state index is 0.0116. The zero-order chi connectivity index (χ0) is 29.5. The Balaban J connectivity index is 1.63. The van der Waals surface area contributed by atoms with Gasteiger partial charge in [-0.15, -0.1) is 0 Å². The van der Waals surface area contributed by atoms with Crippen molar-refractivity contribution in [3.8, 4) is 11.1 Å². The zero-order valence-corrected chi connectivity index (χ0v) is 24.6. The van der Waals surface area contributed by atoms with Gasteiger partial charge in [-0.25, -0.2) is 8.78 Å². The summed E-state index contributed by atoms with van der Waals surface area (Å²) in [6, 6.07) is 12.3.